The fourth-order valence-electron chi connectivity index (χ4n) is 3.64. The number of hydrogen-bond donors (Lipinski definition) is 3. The van der Waals surface area contributed by atoms with Crippen LogP contribution in [0.1, 0.15) is 32.1 Å². The van der Waals surface area contributed by atoms with Crippen LogP contribution in [0, 0.1) is 11.3 Å². The Kier molecular flexibility index (Phi) is 5.79. The van der Waals surface area contributed by atoms with Crippen molar-refractivity contribution in [3.8, 4) is 0 Å². The molecule has 4 N–H and O–H groups in total. The average Bonchev–Trinajstić information content (AvgIpc) is 2.67. The molecule has 0 aromatic heterocycles. The average molecular weight is 388 g/mol. The van der Waals surface area contributed by atoms with Crippen LogP contribution in [0.5, 0.6) is 0 Å². The van der Waals surface area contributed by atoms with Crippen LogP contribution in [0.15, 0.2) is 47.4 Å². The molecule has 2 aromatic rings. The number of amides is 1. The summed E-state index contributed by atoms with van der Waals surface area (Å²) in [5, 5.41) is 11.4. The molecule has 144 valence electrons. The number of rotatable bonds is 6. The highest BCUT2D eigenvalue weighted by Crippen LogP contribution is 2.33. The van der Waals surface area contributed by atoms with Crippen molar-refractivity contribution < 1.29 is 13.2 Å². The smallest absolute Gasteiger partial charge is 0.223 e. The van der Waals surface area contributed by atoms with E-state index in [1.165, 1.54) is 0 Å². The van der Waals surface area contributed by atoms with Crippen LogP contribution in [0.4, 0.5) is 0 Å². The number of carbonyl (C=O) groups is 1. The molecule has 1 amide bonds. The molecule has 1 aliphatic rings. The van der Waals surface area contributed by atoms with Crippen LogP contribution in [0.3, 0.4) is 0 Å². The Bertz CT molecular complexity index is 948. The Morgan fingerprint density at radius 1 is 1.07 bits per heavy atom. The summed E-state index contributed by atoms with van der Waals surface area (Å²) in [6.45, 7) is 0.351. The molecule has 2 aromatic carbocycles. The lowest BCUT2D eigenvalue weighted by Gasteiger charge is -2.27. The molecule has 0 unspecified atom stereocenters. The van der Waals surface area contributed by atoms with E-state index in [1.807, 2.05) is 30.3 Å². The summed E-state index contributed by atoms with van der Waals surface area (Å²) in [6.07, 6.45) is 2.42. The van der Waals surface area contributed by atoms with Gasteiger partial charge in [-0.15, -0.1) is 0 Å². The fourth-order valence-corrected chi connectivity index (χ4v) is 5.46. The lowest BCUT2D eigenvalue weighted by molar-refractivity contribution is -0.125. The van der Waals surface area contributed by atoms with Gasteiger partial charge in [0.2, 0.25) is 5.91 Å². The van der Waals surface area contributed by atoms with Gasteiger partial charge in [-0.25, -0.2) is 8.42 Å². The normalized spacial score (nSPS) is 20.3. The van der Waals surface area contributed by atoms with E-state index in [9.17, 15) is 13.2 Å². The van der Waals surface area contributed by atoms with E-state index in [4.69, 9.17) is 11.1 Å². The van der Waals surface area contributed by atoms with Gasteiger partial charge in [-0.1, -0.05) is 30.3 Å². The second-order valence-electron chi connectivity index (χ2n) is 7.09. The first-order chi connectivity index (χ1) is 12.9. The number of hydrogen-bond acceptors (Lipinski definition) is 4. The third kappa shape index (κ3) is 4.47. The molecule has 1 saturated carbocycles. The fraction of sp³-hybridized carbons (Fsp3) is 0.400. The molecule has 1 aliphatic carbocycles. The largest absolute Gasteiger partial charge is 0.388 e. The zero-order valence-corrected chi connectivity index (χ0v) is 16.0. The van der Waals surface area contributed by atoms with Crippen molar-refractivity contribution in [1.82, 2.24) is 5.32 Å². The molecule has 0 atom stereocenters. The molecule has 0 spiro atoms. The van der Waals surface area contributed by atoms with Gasteiger partial charge in [-0.05, 0) is 48.6 Å². The summed E-state index contributed by atoms with van der Waals surface area (Å²) in [4.78, 5) is 12.5. The lowest BCUT2D eigenvalue weighted by atomic mass is 9.88. The SMILES string of the molecule is N=C(N)CCNC(=O)C1CCC(S(=O)(=O)c2ccc3ccccc3c2)CC1. The highest BCUT2D eigenvalue weighted by molar-refractivity contribution is 7.92. The topological polar surface area (TPSA) is 113 Å². The first kappa shape index (κ1) is 19.4. The van der Waals surface area contributed by atoms with Crippen molar-refractivity contribution >= 4 is 32.4 Å². The first-order valence-corrected chi connectivity index (χ1v) is 10.8. The monoisotopic (exact) mass is 387 g/mol. The van der Waals surface area contributed by atoms with Gasteiger partial charge in [0.05, 0.1) is 16.0 Å². The molecule has 0 heterocycles. The van der Waals surface area contributed by atoms with Crippen molar-refractivity contribution in [2.45, 2.75) is 42.2 Å². The number of sulfone groups is 1. The second kappa shape index (κ2) is 8.08. The number of benzene rings is 2. The predicted octanol–water partition coefficient (Wildman–Crippen LogP) is 2.61. The maximum absolute atomic E-state index is 13.0. The summed E-state index contributed by atoms with van der Waals surface area (Å²) in [7, 11) is -3.41. The van der Waals surface area contributed by atoms with E-state index < -0.39 is 15.1 Å². The van der Waals surface area contributed by atoms with Crippen LogP contribution >= 0.6 is 0 Å². The first-order valence-electron chi connectivity index (χ1n) is 9.21. The number of carbonyl (C=O) groups excluding carboxylic acids is 1. The zero-order chi connectivity index (χ0) is 19.4. The highest BCUT2D eigenvalue weighted by atomic mass is 32.2. The Morgan fingerprint density at radius 2 is 1.74 bits per heavy atom. The standard InChI is InChI=1S/C20H25N3O3S/c21-19(22)11-12-23-20(24)15-6-8-17(9-7-15)27(25,26)18-10-5-14-3-1-2-4-16(14)13-18/h1-5,10,13,15,17H,6-9,11-12H2,(H3,21,22)(H,23,24). The van der Waals surface area contributed by atoms with Crippen LogP contribution in [-0.2, 0) is 14.6 Å². The van der Waals surface area contributed by atoms with Gasteiger partial charge in [0.25, 0.3) is 0 Å². The van der Waals surface area contributed by atoms with E-state index in [1.54, 1.807) is 12.1 Å². The lowest BCUT2D eigenvalue weighted by Crippen LogP contribution is -2.37. The van der Waals surface area contributed by atoms with Gasteiger partial charge < -0.3 is 11.1 Å². The second-order valence-corrected chi connectivity index (χ2v) is 9.32. The van der Waals surface area contributed by atoms with Gasteiger partial charge >= 0.3 is 0 Å². The summed E-state index contributed by atoms with van der Waals surface area (Å²) >= 11 is 0. The summed E-state index contributed by atoms with van der Waals surface area (Å²) < 4.78 is 26.0. The van der Waals surface area contributed by atoms with Gasteiger partial charge in [0.1, 0.15) is 0 Å². The van der Waals surface area contributed by atoms with Crippen molar-refractivity contribution in [2.24, 2.45) is 11.7 Å². The number of amidine groups is 1. The number of fused-ring (bicyclic) bond motifs is 1. The minimum Gasteiger partial charge on any atom is -0.388 e. The van der Waals surface area contributed by atoms with Crippen LogP contribution < -0.4 is 11.1 Å². The van der Waals surface area contributed by atoms with E-state index in [2.05, 4.69) is 5.32 Å². The number of nitrogens with two attached hydrogens (primary N) is 1. The molecule has 0 aliphatic heterocycles. The van der Waals surface area contributed by atoms with Gasteiger partial charge in [-0.3, -0.25) is 10.2 Å². The van der Waals surface area contributed by atoms with Gasteiger partial charge in [0, 0.05) is 18.9 Å². The quantitative estimate of drug-likeness (QED) is 0.522. The summed E-state index contributed by atoms with van der Waals surface area (Å²) in [5.74, 6) is -0.196. The summed E-state index contributed by atoms with van der Waals surface area (Å²) in [6, 6.07) is 13.0. The van der Waals surface area contributed by atoms with E-state index in [-0.39, 0.29) is 17.7 Å². The van der Waals surface area contributed by atoms with Crippen molar-refractivity contribution in [2.75, 3.05) is 6.54 Å². The van der Waals surface area contributed by atoms with E-state index >= 15 is 0 Å². The maximum Gasteiger partial charge on any atom is 0.223 e. The van der Waals surface area contributed by atoms with E-state index in [0.29, 0.717) is 43.5 Å². The molecule has 1 fully saturated rings. The molecule has 27 heavy (non-hydrogen) atoms. The Balaban J connectivity index is 1.63. The van der Waals surface area contributed by atoms with Crippen LogP contribution in [0.25, 0.3) is 10.8 Å². The zero-order valence-electron chi connectivity index (χ0n) is 15.1. The molecule has 0 radical (unpaired) electrons. The van der Waals surface area contributed by atoms with Crippen LogP contribution in [-0.4, -0.2) is 32.0 Å². The highest BCUT2D eigenvalue weighted by Gasteiger charge is 2.34. The molecule has 7 heteroatoms. The molecule has 3 rings (SSSR count). The van der Waals surface area contributed by atoms with Crippen molar-refractivity contribution in [3.63, 3.8) is 0 Å². The minimum absolute atomic E-state index is 0.0421. The summed E-state index contributed by atoms with van der Waals surface area (Å²) in [5.41, 5.74) is 5.28. The Hall–Kier alpha value is -2.41. The Morgan fingerprint density at radius 3 is 2.41 bits per heavy atom. The molecular formula is C20H25N3O3S. The van der Waals surface area contributed by atoms with Crippen LogP contribution in [0.2, 0.25) is 0 Å². The Labute approximate surface area is 159 Å². The minimum atomic E-state index is -3.41. The number of nitrogens with one attached hydrogen (secondary N) is 2. The van der Waals surface area contributed by atoms with Crippen molar-refractivity contribution in [3.05, 3.63) is 42.5 Å². The predicted molar refractivity (Wildman–Crippen MR) is 106 cm³/mol. The maximum atomic E-state index is 13.0. The third-order valence-electron chi connectivity index (χ3n) is 5.23. The molecule has 6 nitrogen and oxygen atoms in total. The van der Waals surface area contributed by atoms with Gasteiger partial charge in [0.15, 0.2) is 9.84 Å². The molecule has 0 bridgehead atoms. The molecular weight excluding hydrogens is 362 g/mol. The third-order valence-corrected chi connectivity index (χ3v) is 7.49. The van der Waals surface area contributed by atoms with E-state index in [0.717, 1.165) is 10.8 Å². The van der Waals surface area contributed by atoms with Gasteiger partial charge in [-0.2, -0.15) is 0 Å². The molecule has 0 saturated heterocycles. The van der Waals surface area contributed by atoms with Crippen molar-refractivity contribution in [1.29, 1.82) is 5.41 Å².